The lowest BCUT2D eigenvalue weighted by atomic mass is 10.0. The number of benzene rings is 3. The zero-order valence-electron chi connectivity index (χ0n) is 16.2. The first kappa shape index (κ1) is 18.0. The van der Waals surface area contributed by atoms with Gasteiger partial charge in [-0.1, -0.05) is 71.9 Å². The molecular weight excluding hydrogens is 374 g/mol. The number of hydrogen-bond donors (Lipinski definition) is 0. The van der Waals surface area contributed by atoms with Crippen molar-refractivity contribution in [1.82, 2.24) is 24.5 Å². The Labute approximate surface area is 173 Å². The fourth-order valence-electron chi connectivity index (χ4n) is 3.52. The first-order chi connectivity index (χ1) is 14.8. The number of hydrogen-bond acceptors (Lipinski definition) is 4. The Bertz CT molecular complexity index is 1360. The highest BCUT2D eigenvalue weighted by molar-refractivity contribution is 5.83. The Kier molecular flexibility index (Phi) is 4.65. The minimum atomic E-state index is -0.0876. The van der Waals surface area contributed by atoms with Crippen molar-refractivity contribution in [1.29, 1.82) is 0 Å². The quantitative estimate of drug-likeness (QED) is 0.456. The Morgan fingerprint density at radius 3 is 2.37 bits per heavy atom. The van der Waals surface area contributed by atoms with Crippen LogP contribution < -0.4 is 5.56 Å². The van der Waals surface area contributed by atoms with Crippen LogP contribution in [-0.4, -0.2) is 24.5 Å². The molecule has 0 spiro atoms. The largest absolute Gasteiger partial charge is 0.293 e. The molecule has 6 heteroatoms. The van der Waals surface area contributed by atoms with Crippen LogP contribution in [0, 0.1) is 0 Å². The van der Waals surface area contributed by atoms with E-state index >= 15 is 0 Å². The summed E-state index contributed by atoms with van der Waals surface area (Å²) >= 11 is 0. The van der Waals surface area contributed by atoms with Crippen molar-refractivity contribution in [2.75, 3.05) is 0 Å². The highest BCUT2D eigenvalue weighted by Crippen LogP contribution is 2.21. The van der Waals surface area contributed by atoms with Gasteiger partial charge in [-0.05, 0) is 28.8 Å². The molecule has 0 aliphatic heterocycles. The van der Waals surface area contributed by atoms with E-state index in [2.05, 4.69) is 15.3 Å². The van der Waals surface area contributed by atoms with Gasteiger partial charge in [0.2, 0.25) is 0 Å². The summed E-state index contributed by atoms with van der Waals surface area (Å²) in [6.45, 7) is 0.964. The summed E-state index contributed by atoms with van der Waals surface area (Å²) in [5.41, 5.74) is 4.52. The highest BCUT2D eigenvalue weighted by Gasteiger charge is 2.09. The Balaban J connectivity index is 1.43. The topological polar surface area (TPSA) is 65.6 Å². The van der Waals surface area contributed by atoms with Crippen LogP contribution in [0.15, 0.2) is 96.2 Å². The Hall–Kier alpha value is -4.06. The second kappa shape index (κ2) is 7.75. The molecule has 0 N–H and O–H groups in total. The SMILES string of the molecule is O=c1c2cc(-c3ccccc3)ccc2ncn1Cc1cn(Cc2ccccc2)nn1. The lowest BCUT2D eigenvalue weighted by molar-refractivity contribution is 0.648. The van der Waals surface area contributed by atoms with Gasteiger partial charge in [0.1, 0.15) is 5.69 Å². The zero-order chi connectivity index (χ0) is 20.3. The van der Waals surface area contributed by atoms with Crippen LogP contribution >= 0.6 is 0 Å². The van der Waals surface area contributed by atoms with E-state index in [1.165, 1.54) is 0 Å². The van der Waals surface area contributed by atoms with Crippen LogP contribution in [0.25, 0.3) is 22.0 Å². The molecule has 0 aliphatic carbocycles. The van der Waals surface area contributed by atoms with Crippen molar-refractivity contribution in [3.8, 4) is 11.1 Å². The fraction of sp³-hybridized carbons (Fsp3) is 0.0833. The van der Waals surface area contributed by atoms with Crippen LogP contribution in [-0.2, 0) is 13.1 Å². The molecule has 6 nitrogen and oxygen atoms in total. The van der Waals surface area contributed by atoms with Crippen LogP contribution in [0.3, 0.4) is 0 Å². The van der Waals surface area contributed by atoms with Crippen molar-refractivity contribution < 1.29 is 0 Å². The molecular formula is C24H19N5O. The predicted molar refractivity (Wildman–Crippen MR) is 116 cm³/mol. The van der Waals surface area contributed by atoms with Gasteiger partial charge in [0.05, 0.1) is 36.5 Å². The summed E-state index contributed by atoms with van der Waals surface area (Å²) in [5, 5.41) is 9.00. The van der Waals surface area contributed by atoms with Gasteiger partial charge in [0.25, 0.3) is 5.56 Å². The van der Waals surface area contributed by atoms with Crippen molar-refractivity contribution in [3.05, 3.63) is 113 Å². The van der Waals surface area contributed by atoms with E-state index in [-0.39, 0.29) is 5.56 Å². The molecule has 0 unspecified atom stereocenters. The maximum atomic E-state index is 13.1. The van der Waals surface area contributed by atoms with Crippen LogP contribution in [0.5, 0.6) is 0 Å². The Morgan fingerprint density at radius 1 is 0.800 bits per heavy atom. The zero-order valence-corrected chi connectivity index (χ0v) is 16.2. The summed E-state index contributed by atoms with van der Waals surface area (Å²) in [4.78, 5) is 17.5. The first-order valence-corrected chi connectivity index (χ1v) is 9.74. The first-order valence-electron chi connectivity index (χ1n) is 9.74. The van der Waals surface area contributed by atoms with E-state index in [4.69, 9.17) is 0 Å². The molecule has 0 amide bonds. The normalized spacial score (nSPS) is 11.1. The number of rotatable bonds is 5. The average Bonchev–Trinajstić information content (AvgIpc) is 3.23. The lowest BCUT2D eigenvalue weighted by Crippen LogP contribution is -2.21. The maximum Gasteiger partial charge on any atom is 0.261 e. The fourth-order valence-corrected chi connectivity index (χ4v) is 3.52. The number of fused-ring (bicyclic) bond motifs is 1. The van der Waals surface area contributed by atoms with Crippen molar-refractivity contribution in [2.24, 2.45) is 0 Å². The predicted octanol–water partition coefficient (Wildman–Crippen LogP) is 3.75. The average molecular weight is 393 g/mol. The third-order valence-corrected chi connectivity index (χ3v) is 5.04. The number of nitrogens with zero attached hydrogens (tertiary/aromatic N) is 5. The standard InChI is InChI=1S/C24H19N5O/c30-24-22-13-20(19-9-5-2-6-10-19)11-12-23(22)25-17-28(24)15-21-16-29(27-26-21)14-18-7-3-1-4-8-18/h1-13,16-17H,14-15H2. The highest BCUT2D eigenvalue weighted by atomic mass is 16.1. The lowest BCUT2D eigenvalue weighted by Gasteiger charge is -2.07. The van der Waals surface area contributed by atoms with Crippen molar-refractivity contribution in [3.63, 3.8) is 0 Å². The minimum absolute atomic E-state index is 0.0876. The van der Waals surface area contributed by atoms with Crippen LogP contribution in [0.2, 0.25) is 0 Å². The third-order valence-electron chi connectivity index (χ3n) is 5.04. The minimum Gasteiger partial charge on any atom is -0.293 e. The summed E-state index contributed by atoms with van der Waals surface area (Å²) < 4.78 is 3.35. The van der Waals surface area contributed by atoms with Gasteiger partial charge in [-0.3, -0.25) is 9.36 Å². The smallest absolute Gasteiger partial charge is 0.261 e. The Morgan fingerprint density at radius 2 is 1.57 bits per heavy atom. The van der Waals surface area contributed by atoms with E-state index in [1.807, 2.05) is 85.1 Å². The van der Waals surface area contributed by atoms with Gasteiger partial charge in [-0.15, -0.1) is 5.10 Å². The second-order valence-electron chi connectivity index (χ2n) is 7.17. The maximum absolute atomic E-state index is 13.1. The van der Waals surface area contributed by atoms with E-state index in [0.717, 1.165) is 16.7 Å². The van der Waals surface area contributed by atoms with Gasteiger partial charge in [-0.25, -0.2) is 9.67 Å². The van der Waals surface area contributed by atoms with Crippen molar-refractivity contribution in [2.45, 2.75) is 13.1 Å². The summed E-state index contributed by atoms with van der Waals surface area (Å²) in [6.07, 6.45) is 3.44. The summed E-state index contributed by atoms with van der Waals surface area (Å²) in [5.74, 6) is 0. The molecule has 2 aromatic heterocycles. The van der Waals surface area contributed by atoms with Crippen LogP contribution in [0.4, 0.5) is 0 Å². The monoisotopic (exact) mass is 393 g/mol. The molecule has 0 saturated heterocycles. The van der Waals surface area contributed by atoms with E-state index in [1.54, 1.807) is 15.6 Å². The molecule has 30 heavy (non-hydrogen) atoms. The van der Waals surface area contributed by atoms with Crippen molar-refractivity contribution >= 4 is 10.9 Å². The molecule has 0 saturated carbocycles. The van der Waals surface area contributed by atoms with E-state index in [0.29, 0.717) is 29.7 Å². The molecule has 5 rings (SSSR count). The molecule has 0 aliphatic rings. The summed E-state index contributed by atoms with van der Waals surface area (Å²) in [7, 11) is 0. The van der Waals surface area contributed by atoms with E-state index in [9.17, 15) is 4.79 Å². The molecule has 2 heterocycles. The molecule has 0 radical (unpaired) electrons. The second-order valence-corrected chi connectivity index (χ2v) is 7.17. The molecule has 5 aromatic rings. The van der Waals surface area contributed by atoms with Crippen LogP contribution in [0.1, 0.15) is 11.3 Å². The molecule has 0 fully saturated rings. The molecule has 3 aromatic carbocycles. The molecule has 0 atom stereocenters. The summed E-state index contributed by atoms with van der Waals surface area (Å²) in [6, 6.07) is 25.9. The molecule has 146 valence electrons. The van der Waals surface area contributed by atoms with Gasteiger partial charge < -0.3 is 0 Å². The van der Waals surface area contributed by atoms with Gasteiger partial charge >= 0.3 is 0 Å². The van der Waals surface area contributed by atoms with E-state index < -0.39 is 0 Å². The number of aromatic nitrogens is 5. The van der Waals surface area contributed by atoms with Gasteiger partial charge in [0, 0.05) is 0 Å². The molecule has 0 bridgehead atoms. The van der Waals surface area contributed by atoms with Gasteiger partial charge in [0.15, 0.2) is 0 Å². The third kappa shape index (κ3) is 3.63. The van der Waals surface area contributed by atoms with Gasteiger partial charge in [-0.2, -0.15) is 0 Å².